The first kappa shape index (κ1) is 22.5. The number of rotatable bonds is 6. The number of anilines is 1. The summed E-state index contributed by atoms with van der Waals surface area (Å²) in [5, 5.41) is 4.23. The predicted molar refractivity (Wildman–Crippen MR) is 111 cm³/mol. The Morgan fingerprint density at radius 1 is 1.10 bits per heavy atom. The lowest BCUT2D eigenvalue weighted by Crippen LogP contribution is -2.30. The molecule has 0 aliphatic heterocycles. The predicted octanol–water partition coefficient (Wildman–Crippen LogP) is 3.68. The fourth-order valence-electron chi connectivity index (χ4n) is 2.45. The van der Waals surface area contributed by atoms with Crippen LogP contribution in [0.5, 0.6) is 0 Å². The van der Waals surface area contributed by atoms with Crippen molar-refractivity contribution in [1.29, 1.82) is 0 Å². The first-order valence-electron chi connectivity index (χ1n) is 8.77. The van der Waals surface area contributed by atoms with Crippen LogP contribution in [0.4, 0.5) is 13.9 Å². The maximum absolute atomic E-state index is 13.4. The Kier molecular flexibility index (Phi) is 6.46. The lowest BCUT2D eigenvalue weighted by Gasteiger charge is -2.12. The standard InChI is InChI=1S/C20H16F2N2O5S2/c1-11(29-19(26)12-3-6-14(7-4-12)31(2,27)28)18(25)24-20-23-17(10-30-20)13-5-8-15(21)16(22)9-13/h3-11H,1-2H3,(H,23,24,25)/t11-/m0/s1. The second-order valence-corrected chi connectivity index (χ2v) is 9.37. The van der Waals surface area contributed by atoms with Gasteiger partial charge in [-0.2, -0.15) is 0 Å². The average molecular weight is 466 g/mol. The van der Waals surface area contributed by atoms with Gasteiger partial charge in [0, 0.05) is 17.2 Å². The third kappa shape index (κ3) is 5.50. The van der Waals surface area contributed by atoms with E-state index in [1.165, 1.54) is 37.3 Å². The van der Waals surface area contributed by atoms with Gasteiger partial charge in [-0.1, -0.05) is 0 Å². The number of nitrogens with one attached hydrogen (secondary N) is 1. The smallest absolute Gasteiger partial charge is 0.338 e. The number of halogens is 2. The van der Waals surface area contributed by atoms with Gasteiger partial charge in [0.2, 0.25) is 0 Å². The van der Waals surface area contributed by atoms with Crippen molar-refractivity contribution in [2.45, 2.75) is 17.9 Å². The molecule has 162 valence electrons. The van der Waals surface area contributed by atoms with Crippen molar-refractivity contribution >= 4 is 38.2 Å². The van der Waals surface area contributed by atoms with Gasteiger partial charge in [-0.3, -0.25) is 10.1 Å². The SMILES string of the molecule is C[C@H](OC(=O)c1ccc(S(C)(=O)=O)cc1)C(=O)Nc1nc(-c2ccc(F)c(F)c2)cs1. The highest BCUT2D eigenvalue weighted by Crippen LogP contribution is 2.26. The Morgan fingerprint density at radius 3 is 2.39 bits per heavy atom. The second-order valence-electron chi connectivity index (χ2n) is 6.50. The summed E-state index contributed by atoms with van der Waals surface area (Å²) in [6, 6.07) is 8.45. The zero-order valence-electron chi connectivity index (χ0n) is 16.3. The van der Waals surface area contributed by atoms with Crippen LogP contribution >= 0.6 is 11.3 Å². The number of amides is 1. The molecule has 2 aromatic carbocycles. The van der Waals surface area contributed by atoms with Crippen LogP contribution in [0.1, 0.15) is 17.3 Å². The van der Waals surface area contributed by atoms with Crippen LogP contribution in [0.25, 0.3) is 11.3 Å². The molecule has 1 amide bonds. The number of ether oxygens (including phenoxy) is 1. The van der Waals surface area contributed by atoms with E-state index in [9.17, 15) is 26.8 Å². The maximum Gasteiger partial charge on any atom is 0.338 e. The van der Waals surface area contributed by atoms with E-state index < -0.39 is 39.5 Å². The van der Waals surface area contributed by atoms with Gasteiger partial charge in [0.15, 0.2) is 32.7 Å². The Labute approximate surface area is 180 Å². The molecular formula is C20H16F2N2O5S2. The van der Waals surface area contributed by atoms with E-state index in [0.29, 0.717) is 11.3 Å². The summed E-state index contributed by atoms with van der Waals surface area (Å²) < 4.78 is 54.5. The lowest BCUT2D eigenvalue weighted by atomic mass is 10.2. The van der Waals surface area contributed by atoms with Gasteiger partial charge in [-0.05, 0) is 49.4 Å². The molecule has 11 heteroatoms. The summed E-state index contributed by atoms with van der Waals surface area (Å²) in [5.41, 5.74) is 0.768. The third-order valence-corrected chi connectivity index (χ3v) is 6.01. The molecule has 0 saturated carbocycles. The lowest BCUT2D eigenvalue weighted by molar-refractivity contribution is -0.123. The first-order chi connectivity index (χ1) is 14.5. The molecule has 31 heavy (non-hydrogen) atoms. The topological polar surface area (TPSA) is 102 Å². The molecule has 0 saturated heterocycles. The Bertz CT molecular complexity index is 1240. The first-order valence-corrected chi connectivity index (χ1v) is 11.5. The van der Waals surface area contributed by atoms with Crippen LogP contribution in [0, 0.1) is 11.6 Å². The molecule has 1 aromatic heterocycles. The summed E-state index contributed by atoms with van der Waals surface area (Å²) in [4.78, 5) is 28.7. The van der Waals surface area contributed by atoms with Gasteiger partial charge in [-0.15, -0.1) is 11.3 Å². The Balaban J connectivity index is 1.62. The van der Waals surface area contributed by atoms with Crippen molar-refractivity contribution in [3.8, 4) is 11.3 Å². The van der Waals surface area contributed by atoms with Crippen LogP contribution in [0.2, 0.25) is 0 Å². The molecule has 7 nitrogen and oxygen atoms in total. The second kappa shape index (κ2) is 8.90. The van der Waals surface area contributed by atoms with E-state index in [0.717, 1.165) is 29.7 Å². The van der Waals surface area contributed by atoms with Gasteiger partial charge in [0.1, 0.15) is 0 Å². The normalized spacial score (nSPS) is 12.3. The van der Waals surface area contributed by atoms with Crippen LogP contribution in [-0.4, -0.2) is 37.6 Å². The summed E-state index contributed by atoms with van der Waals surface area (Å²) in [5.74, 6) is -3.44. The minimum Gasteiger partial charge on any atom is -0.449 e. The summed E-state index contributed by atoms with van der Waals surface area (Å²) >= 11 is 1.06. The number of carbonyl (C=O) groups is 2. The number of thiazole rings is 1. The van der Waals surface area contributed by atoms with E-state index in [1.807, 2.05) is 0 Å². The summed E-state index contributed by atoms with van der Waals surface area (Å²) in [6.45, 7) is 1.36. The highest BCUT2D eigenvalue weighted by Gasteiger charge is 2.21. The Morgan fingerprint density at radius 2 is 1.77 bits per heavy atom. The molecule has 0 aliphatic carbocycles. The monoisotopic (exact) mass is 466 g/mol. The number of esters is 1. The fourth-order valence-corrected chi connectivity index (χ4v) is 3.80. The molecule has 0 aliphatic rings. The van der Waals surface area contributed by atoms with Crippen molar-refractivity contribution < 1.29 is 31.5 Å². The number of carbonyl (C=O) groups excluding carboxylic acids is 2. The van der Waals surface area contributed by atoms with E-state index in [4.69, 9.17) is 4.74 Å². The fraction of sp³-hybridized carbons (Fsp3) is 0.150. The molecule has 1 heterocycles. The van der Waals surface area contributed by atoms with Gasteiger partial charge < -0.3 is 4.74 Å². The van der Waals surface area contributed by atoms with Crippen molar-refractivity contribution in [1.82, 2.24) is 4.98 Å². The molecule has 1 N–H and O–H groups in total. The number of hydrogen-bond donors (Lipinski definition) is 1. The van der Waals surface area contributed by atoms with Crippen LogP contribution in [0.15, 0.2) is 52.7 Å². The number of benzene rings is 2. The summed E-state index contributed by atoms with van der Waals surface area (Å²) in [6.07, 6.45) is -0.124. The highest BCUT2D eigenvalue weighted by molar-refractivity contribution is 7.90. The molecule has 3 aromatic rings. The Hall–Kier alpha value is -3.18. The van der Waals surface area contributed by atoms with Gasteiger partial charge in [-0.25, -0.2) is 27.0 Å². The van der Waals surface area contributed by atoms with Crippen molar-refractivity contribution in [3.63, 3.8) is 0 Å². The zero-order valence-corrected chi connectivity index (χ0v) is 17.9. The van der Waals surface area contributed by atoms with Crippen LogP contribution in [-0.2, 0) is 19.4 Å². The van der Waals surface area contributed by atoms with Crippen molar-refractivity contribution in [3.05, 3.63) is 65.0 Å². The van der Waals surface area contributed by atoms with Crippen LogP contribution < -0.4 is 5.32 Å². The van der Waals surface area contributed by atoms with Gasteiger partial charge in [0.25, 0.3) is 5.91 Å². The van der Waals surface area contributed by atoms with Gasteiger partial charge in [0.05, 0.1) is 16.2 Å². The summed E-state index contributed by atoms with van der Waals surface area (Å²) in [7, 11) is -3.40. The minimum atomic E-state index is -3.40. The molecule has 0 radical (unpaired) electrons. The number of aromatic nitrogens is 1. The number of hydrogen-bond acceptors (Lipinski definition) is 7. The maximum atomic E-state index is 13.4. The molecular weight excluding hydrogens is 450 g/mol. The van der Waals surface area contributed by atoms with E-state index in [-0.39, 0.29) is 15.6 Å². The minimum absolute atomic E-state index is 0.0513. The largest absolute Gasteiger partial charge is 0.449 e. The molecule has 0 bridgehead atoms. The van der Waals surface area contributed by atoms with E-state index in [1.54, 1.807) is 5.38 Å². The van der Waals surface area contributed by atoms with E-state index in [2.05, 4.69) is 10.3 Å². The highest BCUT2D eigenvalue weighted by atomic mass is 32.2. The molecule has 1 atom stereocenters. The van der Waals surface area contributed by atoms with Crippen LogP contribution in [0.3, 0.4) is 0 Å². The number of sulfone groups is 1. The van der Waals surface area contributed by atoms with E-state index >= 15 is 0 Å². The van der Waals surface area contributed by atoms with Crippen molar-refractivity contribution in [2.24, 2.45) is 0 Å². The average Bonchev–Trinajstić information content (AvgIpc) is 3.17. The third-order valence-electron chi connectivity index (χ3n) is 4.12. The number of nitrogens with zero attached hydrogens (tertiary/aromatic N) is 1. The molecule has 0 spiro atoms. The molecule has 0 fully saturated rings. The van der Waals surface area contributed by atoms with Crippen molar-refractivity contribution in [2.75, 3.05) is 11.6 Å². The zero-order chi connectivity index (χ0) is 22.8. The molecule has 0 unspecified atom stereocenters. The molecule has 3 rings (SSSR count). The quantitative estimate of drug-likeness (QED) is 0.556. The van der Waals surface area contributed by atoms with Gasteiger partial charge >= 0.3 is 5.97 Å².